The Balaban J connectivity index is 2.05. The molecular weight excluding hydrogens is 235 g/mol. The van der Waals surface area contributed by atoms with Gasteiger partial charge in [0, 0.05) is 17.5 Å². The number of amides is 2. The molecular formula is C13H13FN2O2. The van der Waals surface area contributed by atoms with Crippen LogP contribution in [0.2, 0.25) is 0 Å². The number of imide groups is 1. The number of nitrogens with two attached hydrogens (primary N) is 1. The minimum absolute atomic E-state index is 0.0239. The second-order valence-electron chi connectivity index (χ2n) is 4.93. The highest BCUT2D eigenvalue weighted by Crippen LogP contribution is 2.40. The third-order valence-corrected chi connectivity index (χ3v) is 3.78. The largest absolute Gasteiger partial charge is 0.399 e. The predicted octanol–water partition coefficient (Wildman–Crippen LogP) is 1.70. The summed E-state index contributed by atoms with van der Waals surface area (Å²) >= 11 is 0. The molecule has 2 bridgehead atoms. The first kappa shape index (κ1) is 11.2. The Kier molecular flexibility index (Phi) is 2.36. The molecule has 5 heteroatoms. The van der Waals surface area contributed by atoms with E-state index in [1.165, 1.54) is 12.1 Å². The summed E-state index contributed by atoms with van der Waals surface area (Å²) in [5.74, 6) is -1.46. The van der Waals surface area contributed by atoms with Crippen molar-refractivity contribution in [3.63, 3.8) is 0 Å². The van der Waals surface area contributed by atoms with Gasteiger partial charge < -0.3 is 5.73 Å². The molecule has 1 aromatic carbocycles. The van der Waals surface area contributed by atoms with Crippen molar-refractivity contribution < 1.29 is 14.0 Å². The van der Waals surface area contributed by atoms with Crippen LogP contribution < -0.4 is 10.6 Å². The Morgan fingerprint density at radius 3 is 2.33 bits per heavy atom. The number of carbonyl (C=O) groups is 2. The molecule has 1 saturated heterocycles. The highest BCUT2D eigenvalue weighted by Gasteiger charge is 2.46. The average molecular weight is 248 g/mol. The summed E-state index contributed by atoms with van der Waals surface area (Å²) in [5.41, 5.74) is 5.76. The highest BCUT2D eigenvalue weighted by atomic mass is 19.1. The number of hydrogen-bond donors (Lipinski definition) is 1. The molecule has 4 nitrogen and oxygen atoms in total. The summed E-state index contributed by atoms with van der Waals surface area (Å²) < 4.78 is 13.8. The lowest BCUT2D eigenvalue weighted by Gasteiger charge is -2.29. The first-order valence-corrected chi connectivity index (χ1v) is 6.01. The molecule has 1 aliphatic carbocycles. The molecule has 0 aromatic heterocycles. The van der Waals surface area contributed by atoms with Gasteiger partial charge in [-0.05, 0) is 37.5 Å². The van der Waals surface area contributed by atoms with Gasteiger partial charge in [0.1, 0.15) is 5.82 Å². The standard InChI is InChI=1S/C13H13FN2O2/c14-10-6-9(15)3-4-11(10)16-12(17)7-1-2-8(5-7)13(16)18/h3-4,6-8H,1-2,5,15H2. The maximum Gasteiger partial charge on any atom is 0.236 e. The molecule has 0 radical (unpaired) electrons. The Labute approximate surface area is 104 Å². The van der Waals surface area contributed by atoms with Crippen LogP contribution in [0.1, 0.15) is 19.3 Å². The summed E-state index contributed by atoms with van der Waals surface area (Å²) in [6, 6.07) is 4.02. The minimum atomic E-state index is -0.627. The van der Waals surface area contributed by atoms with Gasteiger partial charge in [-0.15, -0.1) is 0 Å². The summed E-state index contributed by atoms with van der Waals surface area (Å²) in [7, 11) is 0. The molecule has 1 aliphatic heterocycles. The fourth-order valence-electron chi connectivity index (χ4n) is 2.85. The third-order valence-electron chi connectivity index (χ3n) is 3.78. The molecule has 94 valence electrons. The normalized spacial score (nSPS) is 26.8. The fraction of sp³-hybridized carbons (Fsp3) is 0.385. The van der Waals surface area contributed by atoms with E-state index in [9.17, 15) is 14.0 Å². The van der Waals surface area contributed by atoms with Crippen molar-refractivity contribution in [1.82, 2.24) is 0 Å². The van der Waals surface area contributed by atoms with Crippen molar-refractivity contribution in [2.24, 2.45) is 11.8 Å². The monoisotopic (exact) mass is 248 g/mol. The zero-order chi connectivity index (χ0) is 12.9. The van der Waals surface area contributed by atoms with Gasteiger partial charge in [-0.2, -0.15) is 0 Å². The van der Waals surface area contributed by atoms with Crippen molar-refractivity contribution >= 4 is 23.2 Å². The lowest BCUT2D eigenvalue weighted by Crippen LogP contribution is -2.46. The van der Waals surface area contributed by atoms with Crippen molar-refractivity contribution in [2.75, 3.05) is 10.6 Å². The quantitative estimate of drug-likeness (QED) is 0.607. The summed E-state index contributed by atoms with van der Waals surface area (Å²) in [6.45, 7) is 0. The topological polar surface area (TPSA) is 63.4 Å². The Bertz CT molecular complexity index is 522. The van der Waals surface area contributed by atoms with Crippen molar-refractivity contribution in [2.45, 2.75) is 19.3 Å². The lowest BCUT2D eigenvalue weighted by atomic mass is 9.96. The zero-order valence-electron chi connectivity index (χ0n) is 9.73. The summed E-state index contributed by atoms with van der Waals surface area (Å²) in [6.07, 6.45) is 2.06. The van der Waals surface area contributed by atoms with Gasteiger partial charge in [0.15, 0.2) is 0 Å². The summed E-state index contributed by atoms with van der Waals surface area (Å²) in [4.78, 5) is 25.3. The smallest absolute Gasteiger partial charge is 0.236 e. The third kappa shape index (κ3) is 1.50. The molecule has 3 rings (SSSR count). The number of halogens is 1. The van der Waals surface area contributed by atoms with Gasteiger partial charge in [-0.1, -0.05) is 0 Å². The number of fused-ring (bicyclic) bond motifs is 2. The molecule has 18 heavy (non-hydrogen) atoms. The molecule has 2 N–H and O–H groups in total. The minimum Gasteiger partial charge on any atom is -0.399 e. The zero-order valence-corrected chi connectivity index (χ0v) is 9.73. The molecule has 2 fully saturated rings. The number of carbonyl (C=O) groups excluding carboxylic acids is 2. The van der Waals surface area contributed by atoms with E-state index in [2.05, 4.69) is 0 Å². The van der Waals surface area contributed by atoms with E-state index >= 15 is 0 Å². The number of anilines is 2. The molecule has 1 saturated carbocycles. The van der Waals surface area contributed by atoms with E-state index in [1.54, 1.807) is 0 Å². The second kappa shape index (κ2) is 3.80. The van der Waals surface area contributed by atoms with Gasteiger partial charge in [-0.25, -0.2) is 9.29 Å². The molecule has 1 heterocycles. The number of hydrogen-bond acceptors (Lipinski definition) is 3. The van der Waals surface area contributed by atoms with Crippen LogP contribution in [0.25, 0.3) is 0 Å². The first-order valence-electron chi connectivity index (χ1n) is 6.01. The van der Waals surface area contributed by atoms with Crippen LogP contribution in [0.3, 0.4) is 0 Å². The van der Waals surface area contributed by atoms with Gasteiger partial charge in [0.25, 0.3) is 0 Å². The van der Waals surface area contributed by atoms with E-state index < -0.39 is 5.82 Å². The Hall–Kier alpha value is -1.91. The molecule has 2 aliphatic rings. The van der Waals surface area contributed by atoms with Gasteiger partial charge >= 0.3 is 0 Å². The van der Waals surface area contributed by atoms with Crippen LogP contribution in [-0.4, -0.2) is 11.8 Å². The predicted molar refractivity (Wildman–Crippen MR) is 64.1 cm³/mol. The van der Waals surface area contributed by atoms with Crippen molar-refractivity contribution in [3.05, 3.63) is 24.0 Å². The van der Waals surface area contributed by atoms with Crippen LogP contribution in [0.15, 0.2) is 18.2 Å². The van der Waals surface area contributed by atoms with Crippen molar-refractivity contribution in [3.8, 4) is 0 Å². The van der Waals surface area contributed by atoms with Gasteiger partial charge in [-0.3, -0.25) is 9.59 Å². The van der Waals surface area contributed by atoms with E-state index in [-0.39, 0.29) is 35.0 Å². The van der Waals surface area contributed by atoms with E-state index in [0.29, 0.717) is 6.42 Å². The number of nitrogens with zero attached hydrogens (tertiary/aromatic N) is 1. The Morgan fingerprint density at radius 2 is 1.78 bits per heavy atom. The van der Waals surface area contributed by atoms with Crippen LogP contribution in [-0.2, 0) is 9.59 Å². The molecule has 1 aromatic rings. The lowest BCUT2D eigenvalue weighted by molar-refractivity contribution is -0.133. The number of nitrogen functional groups attached to an aromatic ring is 1. The average Bonchev–Trinajstić information content (AvgIpc) is 2.76. The second-order valence-corrected chi connectivity index (χ2v) is 4.93. The highest BCUT2D eigenvalue weighted by molar-refractivity contribution is 6.18. The fourth-order valence-corrected chi connectivity index (χ4v) is 2.85. The van der Waals surface area contributed by atoms with E-state index in [4.69, 9.17) is 5.73 Å². The van der Waals surface area contributed by atoms with Crippen LogP contribution in [0.4, 0.5) is 15.8 Å². The Morgan fingerprint density at radius 1 is 1.17 bits per heavy atom. The SMILES string of the molecule is Nc1ccc(N2C(=O)C3CCC(C3)C2=O)c(F)c1. The van der Waals surface area contributed by atoms with Gasteiger partial charge in [0.2, 0.25) is 11.8 Å². The van der Waals surface area contributed by atoms with E-state index in [1.807, 2.05) is 0 Å². The first-order chi connectivity index (χ1) is 8.58. The van der Waals surface area contributed by atoms with Crippen LogP contribution in [0, 0.1) is 17.7 Å². The maximum absolute atomic E-state index is 13.8. The molecule has 2 amide bonds. The van der Waals surface area contributed by atoms with Crippen LogP contribution >= 0.6 is 0 Å². The molecule has 2 atom stereocenters. The number of benzene rings is 1. The maximum atomic E-state index is 13.8. The summed E-state index contributed by atoms with van der Waals surface area (Å²) in [5, 5.41) is 0. The number of piperidine rings is 1. The molecule has 2 unspecified atom stereocenters. The molecule has 0 spiro atoms. The van der Waals surface area contributed by atoms with Crippen molar-refractivity contribution in [1.29, 1.82) is 0 Å². The van der Waals surface area contributed by atoms with E-state index in [0.717, 1.165) is 23.8 Å². The van der Waals surface area contributed by atoms with Gasteiger partial charge in [0.05, 0.1) is 5.69 Å². The van der Waals surface area contributed by atoms with Crippen LogP contribution in [0.5, 0.6) is 0 Å². The number of rotatable bonds is 1.